The Morgan fingerprint density at radius 1 is 1.00 bits per heavy atom. The summed E-state index contributed by atoms with van der Waals surface area (Å²) in [7, 11) is 2.34. The number of ether oxygens (including phenoxy) is 4. The monoisotopic (exact) mass is 407 g/mol. The average molecular weight is 407 g/mol. The summed E-state index contributed by atoms with van der Waals surface area (Å²) in [5.41, 5.74) is 1.48. The molecular formula is C19H21NO7S. The van der Waals surface area contributed by atoms with Crippen molar-refractivity contribution in [2.45, 2.75) is 25.7 Å². The zero-order valence-corrected chi connectivity index (χ0v) is 17.0. The van der Waals surface area contributed by atoms with Crippen molar-refractivity contribution in [2.24, 2.45) is 0 Å². The molecule has 1 unspecified atom stereocenters. The smallest absolute Gasteiger partial charge is 0.513 e. The second-order valence-corrected chi connectivity index (χ2v) is 7.27. The van der Waals surface area contributed by atoms with Gasteiger partial charge >= 0.3 is 12.3 Å². The first-order valence-electron chi connectivity index (χ1n) is 8.34. The number of pyridine rings is 1. The fourth-order valence-electron chi connectivity index (χ4n) is 2.59. The highest BCUT2D eigenvalue weighted by atomic mass is 32.2. The third kappa shape index (κ3) is 4.55. The number of hydrogen-bond donors (Lipinski definition) is 0. The Bertz CT molecular complexity index is 843. The lowest BCUT2D eigenvalue weighted by Gasteiger charge is -2.19. The van der Waals surface area contributed by atoms with Gasteiger partial charge in [-0.3, -0.25) is 4.98 Å². The Balaban J connectivity index is 2.85. The van der Waals surface area contributed by atoms with Gasteiger partial charge in [0, 0.05) is 5.56 Å². The number of methoxy groups -OCH3 is 2. The van der Waals surface area contributed by atoms with E-state index in [1.165, 1.54) is 14.2 Å². The molecule has 1 heterocycles. The highest BCUT2D eigenvalue weighted by Gasteiger charge is 2.28. The quantitative estimate of drug-likeness (QED) is 0.544. The maximum atomic E-state index is 12.6. The molecule has 0 saturated carbocycles. The molecule has 9 heteroatoms. The number of carbonyl (C=O) groups excluding carboxylic acids is 2. The molecule has 1 atom stereocenters. The Kier molecular flexibility index (Phi) is 7.24. The standard InChI is InChI=1S/C19H21NO7S/c1-6-28(23)14-10-8-7-9-13(14)15-16(26-18(21)24-4)11(2)20-12(3)17(15)27-19(22)25-5/h7-10H,6H2,1-5H3. The van der Waals surface area contributed by atoms with E-state index in [0.717, 1.165) is 0 Å². The van der Waals surface area contributed by atoms with Gasteiger partial charge < -0.3 is 23.5 Å². The summed E-state index contributed by atoms with van der Waals surface area (Å²) in [6.45, 7) is 5.06. The van der Waals surface area contributed by atoms with E-state index in [1.807, 2.05) is 0 Å². The number of hydrogen-bond acceptors (Lipinski definition) is 8. The van der Waals surface area contributed by atoms with Crippen LogP contribution in [0.3, 0.4) is 0 Å². The highest BCUT2D eigenvalue weighted by Crippen LogP contribution is 2.44. The molecule has 0 saturated heterocycles. The van der Waals surface area contributed by atoms with Crippen LogP contribution in [-0.2, 0) is 20.6 Å². The van der Waals surface area contributed by atoms with Gasteiger partial charge in [-0.2, -0.15) is 0 Å². The molecule has 0 N–H and O–H groups in total. The Hall–Kier alpha value is -2.78. The number of nitrogens with zero attached hydrogens (tertiary/aromatic N) is 1. The van der Waals surface area contributed by atoms with E-state index in [9.17, 15) is 14.1 Å². The lowest BCUT2D eigenvalue weighted by atomic mass is 10.0. The molecule has 8 nitrogen and oxygen atoms in total. The van der Waals surface area contributed by atoms with Crippen LogP contribution < -0.4 is 9.47 Å². The number of benzene rings is 1. The lowest BCUT2D eigenvalue weighted by Crippen LogP contribution is -2.15. The van der Waals surface area contributed by atoms with Gasteiger partial charge in [0.15, 0.2) is 16.4 Å². The summed E-state index contributed by atoms with van der Waals surface area (Å²) in [5, 5.41) is 0. The molecule has 0 aliphatic carbocycles. The zero-order valence-electron chi connectivity index (χ0n) is 16.2. The van der Waals surface area contributed by atoms with Crippen molar-refractivity contribution in [2.75, 3.05) is 20.0 Å². The van der Waals surface area contributed by atoms with Crippen molar-refractivity contribution in [3.63, 3.8) is 0 Å². The van der Waals surface area contributed by atoms with E-state index in [-0.39, 0.29) is 17.1 Å². The summed E-state index contributed by atoms with van der Waals surface area (Å²) < 4.78 is 32.4. The molecule has 1 aromatic carbocycles. The third-order valence-electron chi connectivity index (χ3n) is 3.81. The van der Waals surface area contributed by atoms with Gasteiger partial charge in [0.05, 0.1) is 31.2 Å². The van der Waals surface area contributed by atoms with Crippen molar-refractivity contribution < 1.29 is 33.1 Å². The van der Waals surface area contributed by atoms with Gasteiger partial charge in [0.2, 0.25) is 0 Å². The van der Waals surface area contributed by atoms with Crippen molar-refractivity contribution in [3.8, 4) is 22.6 Å². The number of carbonyl (C=O) groups is 2. The van der Waals surface area contributed by atoms with Crippen LogP contribution in [-0.4, -0.2) is 41.8 Å². The Morgan fingerprint density at radius 3 is 1.96 bits per heavy atom. The van der Waals surface area contributed by atoms with Crippen LogP contribution in [0.2, 0.25) is 0 Å². The summed E-state index contributed by atoms with van der Waals surface area (Å²) >= 11 is -1.33. The number of aryl methyl sites for hydroxylation is 2. The number of rotatable bonds is 5. The molecule has 2 rings (SSSR count). The van der Waals surface area contributed by atoms with Gasteiger partial charge in [-0.15, -0.1) is 0 Å². The third-order valence-corrected chi connectivity index (χ3v) is 5.19. The van der Waals surface area contributed by atoms with Gasteiger partial charge in [0.25, 0.3) is 0 Å². The van der Waals surface area contributed by atoms with E-state index in [0.29, 0.717) is 27.6 Å². The molecule has 0 amide bonds. The van der Waals surface area contributed by atoms with E-state index in [2.05, 4.69) is 14.5 Å². The van der Waals surface area contributed by atoms with Crippen LogP contribution in [0.15, 0.2) is 29.2 Å². The number of aromatic nitrogens is 1. The van der Waals surface area contributed by atoms with Crippen LogP contribution in [0.1, 0.15) is 18.3 Å². The first-order chi connectivity index (χ1) is 13.3. The van der Waals surface area contributed by atoms with Crippen LogP contribution in [0.5, 0.6) is 11.5 Å². The second kappa shape index (κ2) is 9.43. The summed E-state index contributed by atoms with van der Waals surface area (Å²) in [4.78, 5) is 28.4. The molecule has 2 aromatic rings. The topological polar surface area (TPSA) is 107 Å². The first-order valence-corrected chi connectivity index (χ1v) is 9.66. The minimum atomic E-state index is -1.33. The molecule has 28 heavy (non-hydrogen) atoms. The summed E-state index contributed by atoms with van der Waals surface area (Å²) in [6, 6.07) is 6.88. The summed E-state index contributed by atoms with van der Waals surface area (Å²) in [5.74, 6) is 0.453. The first kappa shape index (κ1) is 21.5. The Labute approximate surface area is 165 Å². The van der Waals surface area contributed by atoms with Gasteiger partial charge in [-0.05, 0) is 44.1 Å². The highest BCUT2D eigenvalue weighted by molar-refractivity contribution is 7.91. The molecule has 0 aliphatic heterocycles. The normalized spacial score (nSPS) is 11.5. The van der Waals surface area contributed by atoms with Gasteiger partial charge in [-0.25, -0.2) is 9.59 Å². The maximum absolute atomic E-state index is 12.6. The predicted molar refractivity (Wildman–Crippen MR) is 102 cm³/mol. The van der Waals surface area contributed by atoms with Crippen molar-refractivity contribution in [1.29, 1.82) is 0 Å². The molecular weight excluding hydrogens is 386 g/mol. The van der Waals surface area contributed by atoms with Crippen molar-refractivity contribution in [1.82, 2.24) is 4.98 Å². The van der Waals surface area contributed by atoms with E-state index in [4.69, 9.17) is 9.47 Å². The van der Waals surface area contributed by atoms with Gasteiger partial charge in [0.1, 0.15) is 5.75 Å². The van der Waals surface area contributed by atoms with E-state index < -0.39 is 23.5 Å². The Morgan fingerprint density at radius 2 is 1.50 bits per heavy atom. The molecule has 0 fully saturated rings. The fraction of sp³-hybridized carbons (Fsp3) is 0.316. The van der Waals surface area contributed by atoms with Crippen molar-refractivity contribution >= 4 is 23.5 Å². The van der Waals surface area contributed by atoms with E-state index in [1.54, 1.807) is 45.0 Å². The second-order valence-electron chi connectivity index (χ2n) is 5.56. The minimum Gasteiger partial charge on any atom is -0.611 e. The molecule has 150 valence electrons. The molecule has 0 bridgehead atoms. The predicted octanol–water partition coefficient (Wildman–Crippen LogP) is 3.78. The van der Waals surface area contributed by atoms with Crippen LogP contribution >= 0.6 is 0 Å². The SMILES string of the molecule is CC[S+]([O-])c1ccccc1-c1c(OC(=O)OC)c(C)nc(C)c1OC(=O)OC. The minimum absolute atomic E-state index is 0.0388. The lowest BCUT2D eigenvalue weighted by molar-refractivity contribution is 0.119. The largest absolute Gasteiger partial charge is 0.611 e. The summed E-state index contributed by atoms with van der Waals surface area (Å²) in [6.07, 6.45) is -1.93. The van der Waals surface area contributed by atoms with Gasteiger partial charge in [-0.1, -0.05) is 12.1 Å². The van der Waals surface area contributed by atoms with Crippen LogP contribution in [0.25, 0.3) is 11.1 Å². The zero-order chi connectivity index (χ0) is 20.8. The maximum Gasteiger partial charge on any atom is 0.513 e. The molecule has 0 aliphatic rings. The van der Waals surface area contributed by atoms with Crippen LogP contribution in [0.4, 0.5) is 9.59 Å². The van der Waals surface area contributed by atoms with Crippen molar-refractivity contribution in [3.05, 3.63) is 35.7 Å². The average Bonchev–Trinajstić information content (AvgIpc) is 2.70. The molecule has 1 aromatic heterocycles. The molecule has 0 spiro atoms. The molecule has 0 radical (unpaired) electrons. The van der Waals surface area contributed by atoms with E-state index >= 15 is 0 Å². The fourth-order valence-corrected chi connectivity index (χ4v) is 3.55. The van der Waals surface area contributed by atoms with Crippen LogP contribution in [0, 0.1) is 13.8 Å².